The van der Waals surface area contributed by atoms with Crippen LogP contribution in [0.5, 0.6) is 5.75 Å². The fourth-order valence-electron chi connectivity index (χ4n) is 3.13. The number of carbonyl (C=O) groups is 2. The number of thiocarbonyl (C=S) groups is 1. The van der Waals surface area contributed by atoms with Gasteiger partial charge in [-0.2, -0.15) is 0 Å². The first-order chi connectivity index (χ1) is 14.4. The molecule has 7 nitrogen and oxygen atoms in total. The molecular weight excluding hydrogens is 426 g/mol. The minimum atomic E-state index is -0.904. The Hall–Kier alpha value is -2.84. The fraction of sp³-hybridized carbons (Fsp3) is 0.286. The third-order valence-corrected chi connectivity index (χ3v) is 5.18. The Kier molecular flexibility index (Phi) is 7.48. The van der Waals surface area contributed by atoms with Crippen molar-refractivity contribution in [1.82, 2.24) is 10.2 Å². The number of anilines is 1. The molecule has 0 atom stereocenters. The van der Waals surface area contributed by atoms with E-state index in [4.69, 9.17) is 33.7 Å². The number of halogens is 1. The quantitative estimate of drug-likeness (QED) is 0.602. The fourth-order valence-corrected chi connectivity index (χ4v) is 3.58. The molecule has 0 bridgehead atoms. The van der Waals surface area contributed by atoms with Crippen LogP contribution in [0.3, 0.4) is 0 Å². The van der Waals surface area contributed by atoms with E-state index in [9.17, 15) is 9.59 Å². The van der Waals surface area contributed by atoms with E-state index in [1.54, 1.807) is 18.2 Å². The van der Waals surface area contributed by atoms with Gasteiger partial charge in [0.2, 0.25) is 5.91 Å². The number of ether oxygens (including phenoxy) is 1. The molecule has 0 aromatic heterocycles. The highest BCUT2D eigenvalue weighted by Crippen LogP contribution is 2.28. The standard InChI is InChI=1S/C21H22ClN3O4S/c22-17-13-16(29-15-8-10-25(11-9-15)21(27)28)6-7-18(17)23-20(30)24-19(26)12-14-4-2-1-3-5-14/h1-7,13,15H,8-12H2,(H,27,28)(H2,23,24,26,30). The molecule has 2 amide bonds. The molecule has 0 aliphatic carbocycles. The average Bonchev–Trinajstić information content (AvgIpc) is 2.71. The molecule has 2 aromatic rings. The second kappa shape index (κ2) is 10.3. The van der Waals surface area contributed by atoms with Gasteiger partial charge in [-0.3, -0.25) is 4.79 Å². The third-order valence-electron chi connectivity index (χ3n) is 4.66. The lowest BCUT2D eigenvalue weighted by molar-refractivity contribution is -0.119. The zero-order valence-electron chi connectivity index (χ0n) is 16.1. The SMILES string of the molecule is O=C(Cc1ccccc1)NC(=S)Nc1ccc(OC2CCN(C(=O)O)CC2)cc1Cl. The number of piperidine rings is 1. The first kappa shape index (κ1) is 21.9. The molecule has 1 aliphatic heterocycles. The number of nitrogens with one attached hydrogen (secondary N) is 2. The van der Waals surface area contributed by atoms with Gasteiger partial charge in [0.1, 0.15) is 11.9 Å². The molecule has 1 saturated heterocycles. The second-order valence-corrected chi connectivity index (χ2v) is 7.71. The Balaban J connectivity index is 1.49. The predicted molar refractivity (Wildman–Crippen MR) is 119 cm³/mol. The molecule has 2 aromatic carbocycles. The molecule has 0 radical (unpaired) electrons. The van der Waals surface area contributed by atoms with E-state index in [2.05, 4.69) is 10.6 Å². The van der Waals surface area contributed by atoms with Crippen molar-refractivity contribution in [2.24, 2.45) is 0 Å². The van der Waals surface area contributed by atoms with E-state index in [-0.39, 0.29) is 23.5 Å². The zero-order valence-corrected chi connectivity index (χ0v) is 17.7. The van der Waals surface area contributed by atoms with Crippen molar-refractivity contribution >= 4 is 46.6 Å². The lowest BCUT2D eigenvalue weighted by Gasteiger charge is -2.30. The smallest absolute Gasteiger partial charge is 0.407 e. The van der Waals surface area contributed by atoms with E-state index in [0.29, 0.717) is 42.4 Å². The van der Waals surface area contributed by atoms with Crippen LogP contribution in [0.1, 0.15) is 18.4 Å². The first-order valence-corrected chi connectivity index (χ1v) is 10.3. The molecule has 3 rings (SSSR count). The minimum absolute atomic E-state index is 0.0613. The molecule has 0 unspecified atom stereocenters. The van der Waals surface area contributed by atoms with Crippen LogP contribution in [-0.4, -0.2) is 46.3 Å². The maximum Gasteiger partial charge on any atom is 0.407 e. The van der Waals surface area contributed by atoms with E-state index in [1.165, 1.54) is 4.90 Å². The van der Waals surface area contributed by atoms with Crippen LogP contribution >= 0.6 is 23.8 Å². The Morgan fingerprint density at radius 2 is 1.87 bits per heavy atom. The predicted octanol–water partition coefficient (Wildman–Crippen LogP) is 3.92. The van der Waals surface area contributed by atoms with Gasteiger partial charge in [0.25, 0.3) is 0 Å². The molecule has 30 heavy (non-hydrogen) atoms. The summed E-state index contributed by atoms with van der Waals surface area (Å²) in [6.07, 6.45) is 0.514. The summed E-state index contributed by atoms with van der Waals surface area (Å²) in [5.74, 6) is 0.376. The normalized spacial score (nSPS) is 14.1. The number of amides is 2. The van der Waals surface area contributed by atoms with Crippen LogP contribution in [-0.2, 0) is 11.2 Å². The number of nitrogens with zero attached hydrogens (tertiary/aromatic N) is 1. The highest BCUT2D eigenvalue weighted by molar-refractivity contribution is 7.80. The Morgan fingerprint density at radius 1 is 1.17 bits per heavy atom. The highest BCUT2D eigenvalue weighted by atomic mass is 35.5. The first-order valence-electron chi connectivity index (χ1n) is 9.49. The Morgan fingerprint density at radius 3 is 2.50 bits per heavy atom. The van der Waals surface area contributed by atoms with Gasteiger partial charge in [0, 0.05) is 32.0 Å². The van der Waals surface area contributed by atoms with Crippen LogP contribution in [0, 0.1) is 0 Å². The largest absolute Gasteiger partial charge is 0.490 e. The summed E-state index contributed by atoms with van der Waals surface area (Å²) in [4.78, 5) is 24.5. The van der Waals surface area contributed by atoms with Crippen molar-refractivity contribution in [2.75, 3.05) is 18.4 Å². The van der Waals surface area contributed by atoms with E-state index in [1.807, 2.05) is 30.3 Å². The molecule has 1 fully saturated rings. The lowest BCUT2D eigenvalue weighted by Crippen LogP contribution is -2.41. The van der Waals surface area contributed by atoms with Crippen molar-refractivity contribution in [3.63, 3.8) is 0 Å². The van der Waals surface area contributed by atoms with Crippen molar-refractivity contribution in [3.8, 4) is 5.75 Å². The number of hydrogen-bond donors (Lipinski definition) is 3. The van der Waals surface area contributed by atoms with Crippen LogP contribution in [0.25, 0.3) is 0 Å². The summed E-state index contributed by atoms with van der Waals surface area (Å²) < 4.78 is 5.92. The number of carboxylic acid groups (broad SMARTS) is 1. The molecule has 9 heteroatoms. The number of hydrogen-bond acceptors (Lipinski definition) is 4. The van der Waals surface area contributed by atoms with Gasteiger partial charge >= 0.3 is 6.09 Å². The van der Waals surface area contributed by atoms with Gasteiger partial charge in [-0.15, -0.1) is 0 Å². The van der Waals surface area contributed by atoms with Crippen LogP contribution in [0.4, 0.5) is 10.5 Å². The molecule has 1 heterocycles. The molecular formula is C21H22ClN3O4S. The summed E-state index contributed by atoms with van der Waals surface area (Å²) in [6.45, 7) is 0.897. The van der Waals surface area contributed by atoms with Crippen molar-refractivity contribution in [3.05, 3.63) is 59.1 Å². The summed E-state index contributed by atoms with van der Waals surface area (Å²) in [6, 6.07) is 14.5. The summed E-state index contributed by atoms with van der Waals surface area (Å²) in [7, 11) is 0. The second-order valence-electron chi connectivity index (χ2n) is 6.89. The number of rotatable bonds is 5. The zero-order chi connectivity index (χ0) is 21.5. The Labute approximate surface area is 185 Å². The monoisotopic (exact) mass is 447 g/mol. The molecule has 0 saturated carbocycles. The molecule has 3 N–H and O–H groups in total. The summed E-state index contributed by atoms with van der Waals surface area (Å²) in [5.41, 5.74) is 1.45. The number of carbonyl (C=O) groups excluding carboxylic acids is 1. The lowest BCUT2D eigenvalue weighted by atomic mass is 10.1. The topological polar surface area (TPSA) is 90.9 Å². The Bertz CT molecular complexity index is 918. The maximum absolute atomic E-state index is 12.1. The van der Waals surface area contributed by atoms with Gasteiger partial charge in [0.15, 0.2) is 5.11 Å². The maximum atomic E-state index is 12.1. The molecule has 1 aliphatic rings. The summed E-state index contributed by atoms with van der Waals surface area (Å²) >= 11 is 11.5. The molecule has 0 spiro atoms. The number of likely N-dealkylation sites (tertiary alicyclic amines) is 1. The van der Waals surface area contributed by atoms with Gasteiger partial charge in [-0.1, -0.05) is 41.9 Å². The minimum Gasteiger partial charge on any atom is -0.490 e. The van der Waals surface area contributed by atoms with Crippen LogP contribution in [0.2, 0.25) is 5.02 Å². The summed E-state index contributed by atoms with van der Waals surface area (Å²) in [5, 5.41) is 15.1. The van der Waals surface area contributed by atoms with Crippen molar-refractivity contribution < 1.29 is 19.4 Å². The van der Waals surface area contributed by atoms with Crippen LogP contribution < -0.4 is 15.4 Å². The van der Waals surface area contributed by atoms with E-state index in [0.717, 1.165) is 5.56 Å². The van der Waals surface area contributed by atoms with Gasteiger partial charge in [-0.25, -0.2) is 4.79 Å². The average molecular weight is 448 g/mol. The van der Waals surface area contributed by atoms with Gasteiger partial charge < -0.3 is 25.4 Å². The van der Waals surface area contributed by atoms with Crippen molar-refractivity contribution in [2.45, 2.75) is 25.4 Å². The van der Waals surface area contributed by atoms with Crippen molar-refractivity contribution in [1.29, 1.82) is 0 Å². The van der Waals surface area contributed by atoms with E-state index < -0.39 is 6.09 Å². The van der Waals surface area contributed by atoms with Crippen LogP contribution in [0.15, 0.2) is 48.5 Å². The van der Waals surface area contributed by atoms with Gasteiger partial charge in [-0.05, 0) is 29.9 Å². The molecule has 158 valence electrons. The highest BCUT2D eigenvalue weighted by Gasteiger charge is 2.23. The number of benzene rings is 2. The third kappa shape index (κ3) is 6.33. The van der Waals surface area contributed by atoms with Gasteiger partial charge in [0.05, 0.1) is 17.1 Å². The van der Waals surface area contributed by atoms with E-state index >= 15 is 0 Å².